The van der Waals surface area contributed by atoms with Crippen LogP contribution in [0.3, 0.4) is 0 Å². The van der Waals surface area contributed by atoms with Crippen LogP contribution in [0.4, 0.5) is 0 Å². The fraction of sp³-hybridized carbons (Fsp3) is 0.500. The summed E-state index contributed by atoms with van der Waals surface area (Å²) in [7, 11) is 0. The minimum Gasteiger partial charge on any atom is -0.478 e. The van der Waals surface area contributed by atoms with Gasteiger partial charge >= 0.3 is 5.97 Å². The SMILES string of the molecule is NC(=O)CC(NC(=O)CCc1ccccc1C(=O)O)C1CCOCC1. The van der Waals surface area contributed by atoms with E-state index in [1.165, 1.54) is 6.07 Å². The largest absolute Gasteiger partial charge is 0.478 e. The summed E-state index contributed by atoms with van der Waals surface area (Å²) in [6, 6.07) is 6.33. The zero-order valence-corrected chi connectivity index (χ0v) is 14.1. The van der Waals surface area contributed by atoms with Crippen LogP contribution in [0.1, 0.15) is 41.6 Å². The Kier molecular flexibility index (Phi) is 6.94. The minimum absolute atomic E-state index is 0.0993. The van der Waals surface area contributed by atoms with E-state index in [1.54, 1.807) is 18.2 Å². The van der Waals surface area contributed by atoms with Crippen molar-refractivity contribution >= 4 is 17.8 Å². The molecule has 1 saturated heterocycles. The zero-order valence-electron chi connectivity index (χ0n) is 14.1. The van der Waals surface area contributed by atoms with Crippen molar-refractivity contribution in [2.24, 2.45) is 11.7 Å². The van der Waals surface area contributed by atoms with Gasteiger partial charge in [0.05, 0.1) is 5.56 Å². The third-order valence-corrected chi connectivity index (χ3v) is 4.47. The molecule has 0 radical (unpaired) electrons. The summed E-state index contributed by atoms with van der Waals surface area (Å²) in [5.41, 5.74) is 6.12. The lowest BCUT2D eigenvalue weighted by Gasteiger charge is -2.30. The molecule has 4 N–H and O–H groups in total. The summed E-state index contributed by atoms with van der Waals surface area (Å²) in [5, 5.41) is 12.1. The minimum atomic E-state index is -1.01. The van der Waals surface area contributed by atoms with Crippen LogP contribution in [0, 0.1) is 5.92 Å². The Hall–Kier alpha value is -2.41. The molecule has 0 saturated carbocycles. The van der Waals surface area contributed by atoms with Crippen molar-refractivity contribution < 1.29 is 24.2 Å². The molecule has 1 unspecified atom stereocenters. The first-order chi connectivity index (χ1) is 12.0. The average molecular weight is 348 g/mol. The number of aromatic carboxylic acids is 1. The lowest BCUT2D eigenvalue weighted by Crippen LogP contribution is -2.44. The van der Waals surface area contributed by atoms with E-state index in [-0.39, 0.29) is 36.3 Å². The van der Waals surface area contributed by atoms with Gasteiger partial charge in [0.25, 0.3) is 0 Å². The van der Waals surface area contributed by atoms with Crippen LogP contribution >= 0.6 is 0 Å². The Bertz CT molecular complexity index is 626. The van der Waals surface area contributed by atoms with Gasteiger partial charge in [-0.1, -0.05) is 18.2 Å². The first-order valence-corrected chi connectivity index (χ1v) is 8.44. The molecule has 2 rings (SSSR count). The van der Waals surface area contributed by atoms with Crippen LogP contribution < -0.4 is 11.1 Å². The van der Waals surface area contributed by atoms with E-state index in [0.29, 0.717) is 25.2 Å². The zero-order chi connectivity index (χ0) is 18.2. The van der Waals surface area contributed by atoms with Crippen molar-refractivity contribution in [2.75, 3.05) is 13.2 Å². The van der Waals surface area contributed by atoms with Gasteiger partial charge in [0, 0.05) is 32.1 Å². The lowest BCUT2D eigenvalue weighted by molar-refractivity contribution is -0.123. The van der Waals surface area contributed by atoms with Crippen molar-refractivity contribution in [3.8, 4) is 0 Å². The normalized spacial score (nSPS) is 16.2. The summed E-state index contributed by atoms with van der Waals surface area (Å²) in [5.74, 6) is -1.51. The van der Waals surface area contributed by atoms with Gasteiger partial charge < -0.3 is 20.9 Å². The Morgan fingerprint density at radius 2 is 1.92 bits per heavy atom. The monoisotopic (exact) mass is 348 g/mol. The van der Waals surface area contributed by atoms with E-state index < -0.39 is 11.9 Å². The van der Waals surface area contributed by atoms with Crippen molar-refractivity contribution in [1.29, 1.82) is 0 Å². The molecule has 0 aliphatic carbocycles. The smallest absolute Gasteiger partial charge is 0.335 e. The predicted octanol–water partition coefficient (Wildman–Crippen LogP) is 1.10. The van der Waals surface area contributed by atoms with E-state index in [4.69, 9.17) is 10.5 Å². The van der Waals surface area contributed by atoms with Crippen LogP contribution in [0.25, 0.3) is 0 Å². The van der Waals surface area contributed by atoms with Crippen LogP contribution in [-0.2, 0) is 20.7 Å². The first-order valence-electron chi connectivity index (χ1n) is 8.44. The fourth-order valence-corrected chi connectivity index (χ4v) is 3.14. The Morgan fingerprint density at radius 1 is 1.24 bits per heavy atom. The molecule has 25 heavy (non-hydrogen) atoms. The summed E-state index contributed by atoms with van der Waals surface area (Å²) in [6.07, 6.45) is 2.14. The quantitative estimate of drug-likeness (QED) is 0.650. The standard InChI is InChI=1S/C18H24N2O5/c19-16(21)11-15(13-7-9-25-10-8-13)20-17(22)6-5-12-3-1-2-4-14(12)18(23)24/h1-4,13,15H,5-11H2,(H2,19,21)(H,20,22)(H,23,24). The molecule has 136 valence electrons. The first kappa shape index (κ1) is 18.9. The number of amides is 2. The van der Waals surface area contributed by atoms with Crippen LogP contribution in [0.15, 0.2) is 24.3 Å². The Labute approximate surface area is 146 Å². The molecular weight excluding hydrogens is 324 g/mol. The lowest BCUT2D eigenvalue weighted by atomic mass is 9.89. The number of carboxylic acids is 1. The fourth-order valence-electron chi connectivity index (χ4n) is 3.14. The number of rotatable bonds is 8. The van der Waals surface area contributed by atoms with Gasteiger partial charge in [0.1, 0.15) is 0 Å². The number of ether oxygens (including phenoxy) is 1. The van der Waals surface area contributed by atoms with Crippen molar-refractivity contribution in [3.63, 3.8) is 0 Å². The third kappa shape index (κ3) is 5.86. The van der Waals surface area contributed by atoms with Gasteiger partial charge in [-0.15, -0.1) is 0 Å². The molecule has 0 aromatic heterocycles. The van der Waals surface area contributed by atoms with E-state index in [9.17, 15) is 19.5 Å². The molecule has 1 aromatic carbocycles. The molecule has 1 atom stereocenters. The van der Waals surface area contributed by atoms with E-state index in [2.05, 4.69) is 5.32 Å². The molecule has 1 fully saturated rings. The highest BCUT2D eigenvalue weighted by atomic mass is 16.5. The van der Waals surface area contributed by atoms with E-state index in [1.807, 2.05) is 0 Å². The van der Waals surface area contributed by atoms with Gasteiger partial charge in [-0.2, -0.15) is 0 Å². The molecule has 7 nitrogen and oxygen atoms in total. The second-order valence-corrected chi connectivity index (χ2v) is 6.26. The maximum atomic E-state index is 12.3. The van der Waals surface area contributed by atoms with E-state index in [0.717, 1.165) is 12.8 Å². The molecule has 1 heterocycles. The van der Waals surface area contributed by atoms with E-state index >= 15 is 0 Å². The van der Waals surface area contributed by atoms with Crippen LogP contribution in [-0.4, -0.2) is 42.1 Å². The molecule has 7 heteroatoms. The van der Waals surface area contributed by atoms with Crippen molar-refractivity contribution in [2.45, 2.75) is 38.1 Å². The number of carboxylic acid groups (broad SMARTS) is 1. The number of aryl methyl sites for hydroxylation is 1. The number of benzene rings is 1. The maximum Gasteiger partial charge on any atom is 0.335 e. The summed E-state index contributed by atoms with van der Waals surface area (Å²) < 4.78 is 5.32. The highest BCUT2D eigenvalue weighted by Crippen LogP contribution is 2.21. The number of hydrogen-bond acceptors (Lipinski definition) is 4. The number of carbonyl (C=O) groups is 3. The number of carbonyl (C=O) groups excluding carboxylic acids is 2. The van der Waals surface area contributed by atoms with Crippen LogP contribution in [0.5, 0.6) is 0 Å². The van der Waals surface area contributed by atoms with Gasteiger partial charge in [-0.25, -0.2) is 4.79 Å². The molecule has 1 aliphatic heterocycles. The van der Waals surface area contributed by atoms with Crippen molar-refractivity contribution in [1.82, 2.24) is 5.32 Å². The second kappa shape index (κ2) is 9.17. The summed E-state index contributed by atoms with van der Waals surface area (Å²) >= 11 is 0. The Morgan fingerprint density at radius 3 is 2.56 bits per heavy atom. The van der Waals surface area contributed by atoms with Gasteiger partial charge in [-0.05, 0) is 36.8 Å². The molecule has 2 amide bonds. The topological polar surface area (TPSA) is 119 Å². The van der Waals surface area contributed by atoms with Crippen molar-refractivity contribution in [3.05, 3.63) is 35.4 Å². The predicted molar refractivity (Wildman–Crippen MR) is 91.0 cm³/mol. The van der Waals surface area contributed by atoms with Gasteiger partial charge in [0.2, 0.25) is 11.8 Å². The highest BCUT2D eigenvalue weighted by molar-refractivity contribution is 5.89. The maximum absolute atomic E-state index is 12.3. The molecule has 0 spiro atoms. The average Bonchev–Trinajstić information content (AvgIpc) is 2.60. The van der Waals surface area contributed by atoms with Crippen LogP contribution in [0.2, 0.25) is 0 Å². The second-order valence-electron chi connectivity index (χ2n) is 6.26. The number of nitrogens with two attached hydrogens (primary N) is 1. The highest BCUT2D eigenvalue weighted by Gasteiger charge is 2.26. The Balaban J connectivity index is 1.94. The number of primary amides is 1. The molecule has 1 aromatic rings. The molecule has 1 aliphatic rings. The van der Waals surface area contributed by atoms with Gasteiger partial charge in [0.15, 0.2) is 0 Å². The third-order valence-electron chi connectivity index (χ3n) is 4.47. The number of hydrogen-bond donors (Lipinski definition) is 3. The summed E-state index contributed by atoms with van der Waals surface area (Å²) in [4.78, 5) is 34.8. The summed E-state index contributed by atoms with van der Waals surface area (Å²) in [6.45, 7) is 1.23. The number of nitrogens with one attached hydrogen (secondary N) is 1. The molecule has 0 bridgehead atoms. The van der Waals surface area contributed by atoms with Gasteiger partial charge in [-0.3, -0.25) is 9.59 Å². The molecular formula is C18H24N2O5.